The minimum Gasteiger partial charge on any atom is -0.488 e. The molecule has 0 aromatic carbocycles. The minimum absolute atomic E-state index is 0.0496. The summed E-state index contributed by atoms with van der Waals surface area (Å²) in [7, 11) is 0. The highest BCUT2D eigenvalue weighted by Gasteiger charge is 2.44. The van der Waals surface area contributed by atoms with Gasteiger partial charge < -0.3 is 4.74 Å². The zero-order valence-electron chi connectivity index (χ0n) is 12.3. The SMILES string of the molecule is CCCCC1(CCCC)CC(C#N)C(=C(C#N)C#N)O1. The van der Waals surface area contributed by atoms with E-state index < -0.39 is 5.92 Å². The van der Waals surface area contributed by atoms with Crippen molar-refractivity contribution in [3.8, 4) is 18.2 Å². The average molecular weight is 271 g/mol. The molecule has 20 heavy (non-hydrogen) atoms. The first-order valence-corrected chi connectivity index (χ1v) is 7.29. The van der Waals surface area contributed by atoms with Gasteiger partial charge in [0, 0.05) is 6.42 Å². The van der Waals surface area contributed by atoms with Crippen LogP contribution < -0.4 is 0 Å². The van der Waals surface area contributed by atoms with Gasteiger partial charge in [0.25, 0.3) is 0 Å². The fourth-order valence-corrected chi connectivity index (χ4v) is 2.70. The van der Waals surface area contributed by atoms with Crippen LogP contribution in [0.2, 0.25) is 0 Å². The molecule has 0 bridgehead atoms. The van der Waals surface area contributed by atoms with E-state index in [0.717, 1.165) is 38.5 Å². The molecule has 1 aliphatic heterocycles. The van der Waals surface area contributed by atoms with E-state index in [2.05, 4.69) is 19.9 Å². The van der Waals surface area contributed by atoms with Crippen molar-refractivity contribution in [2.24, 2.45) is 5.92 Å². The van der Waals surface area contributed by atoms with Crippen LogP contribution in [0.1, 0.15) is 58.8 Å². The van der Waals surface area contributed by atoms with Crippen LogP contribution in [-0.2, 0) is 4.74 Å². The van der Waals surface area contributed by atoms with Crippen molar-refractivity contribution in [3.63, 3.8) is 0 Å². The van der Waals surface area contributed by atoms with E-state index in [1.807, 2.05) is 12.1 Å². The molecule has 1 unspecified atom stereocenters. The Morgan fingerprint density at radius 1 is 1.15 bits per heavy atom. The smallest absolute Gasteiger partial charge is 0.168 e. The van der Waals surface area contributed by atoms with Gasteiger partial charge in [-0.1, -0.05) is 26.7 Å². The summed E-state index contributed by atoms with van der Waals surface area (Å²) in [6.07, 6.45) is 6.57. The van der Waals surface area contributed by atoms with Gasteiger partial charge in [-0.3, -0.25) is 0 Å². The van der Waals surface area contributed by atoms with Gasteiger partial charge >= 0.3 is 0 Å². The first kappa shape index (κ1) is 16.1. The zero-order chi connectivity index (χ0) is 15.0. The quantitative estimate of drug-likeness (QED) is 0.684. The third kappa shape index (κ3) is 3.52. The summed E-state index contributed by atoms with van der Waals surface area (Å²) in [6.45, 7) is 4.24. The summed E-state index contributed by atoms with van der Waals surface area (Å²) >= 11 is 0. The van der Waals surface area contributed by atoms with Crippen molar-refractivity contribution in [1.29, 1.82) is 15.8 Å². The van der Waals surface area contributed by atoms with Gasteiger partial charge in [0.05, 0.1) is 6.07 Å². The Morgan fingerprint density at radius 2 is 1.70 bits per heavy atom. The second kappa shape index (κ2) is 7.56. The summed E-state index contributed by atoms with van der Waals surface area (Å²) in [6, 6.07) is 5.89. The van der Waals surface area contributed by atoms with Crippen LogP contribution in [0.15, 0.2) is 11.3 Å². The van der Waals surface area contributed by atoms with Crippen LogP contribution in [0.5, 0.6) is 0 Å². The summed E-state index contributed by atoms with van der Waals surface area (Å²) in [5.74, 6) is -0.164. The Labute approximate surface area is 121 Å². The lowest BCUT2D eigenvalue weighted by atomic mass is 9.85. The number of allylic oxidation sites excluding steroid dienone is 2. The number of rotatable bonds is 6. The summed E-state index contributed by atoms with van der Waals surface area (Å²) in [5, 5.41) is 27.3. The molecule has 0 amide bonds. The number of unbranched alkanes of at least 4 members (excludes halogenated alkanes) is 2. The van der Waals surface area contributed by atoms with Gasteiger partial charge in [-0.2, -0.15) is 15.8 Å². The van der Waals surface area contributed by atoms with E-state index in [0.29, 0.717) is 12.2 Å². The monoisotopic (exact) mass is 271 g/mol. The Hall–Kier alpha value is -1.99. The fraction of sp³-hybridized carbons (Fsp3) is 0.688. The van der Waals surface area contributed by atoms with Crippen LogP contribution in [0.3, 0.4) is 0 Å². The molecule has 0 aromatic heterocycles. The Kier molecular flexibility index (Phi) is 6.08. The van der Waals surface area contributed by atoms with Gasteiger partial charge in [0.2, 0.25) is 0 Å². The Bertz CT molecular complexity index is 463. The van der Waals surface area contributed by atoms with Crippen LogP contribution >= 0.6 is 0 Å². The van der Waals surface area contributed by atoms with Crippen molar-refractivity contribution >= 4 is 0 Å². The number of nitriles is 3. The Morgan fingerprint density at radius 3 is 2.10 bits per heavy atom. The topological polar surface area (TPSA) is 80.6 Å². The van der Waals surface area contributed by atoms with Crippen LogP contribution in [0.25, 0.3) is 0 Å². The number of hydrogen-bond acceptors (Lipinski definition) is 4. The molecule has 1 saturated heterocycles. The molecule has 1 rings (SSSR count). The molecular formula is C16H21N3O. The number of nitrogens with zero attached hydrogens (tertiary/aromatic N) is 3. The van der Waals surface area contributed by atoms with Crippen LogP contribution in [-0.4, -0.2) is 5.60 Å². The van der Waals surface area contributed by atoms with Gasteiger partial charge in [-0.25, -0.2) is 0 Å². The van der Waals surface area contributed by atoms with E-state index in [9.17, 15) is 5.26 Å². The van der Waals surface area contributed by atoms with Crippen molar-refractivity contribution in [1.82, 2.24) is 0 Å². The van der Waals surface area contributed by atoms with Gasteiger partial charge in [-0.15, -0.1) is 0 Å². The fourth-order valence-electron chi connectivity index (χ4n) is 2.70. The first-order valence-electron chi connectivity index (χ1n) is 7.29. The van der Waals surface area contributed by atoms with E-state index in [4.69, 9.17) is 15.3 Å². The molecule has 0 aromatic rings. The third-order valence-electron chi connectivity index (χ3n) is 3.82. The average Bonchev–Trinajstić information content (AvgIpc) is 2.84. The van der Waals surface area contributed by atoms with Crippen LogP contribution in [0.4, 0.5) is 0 Å². The molecule has 0 aliphatic carbocycles. The van der Waals surface area contributed by atoms with Crippen molar-refractivity contribution < 1.29 is 4.74 Å². The minimum atomic E-state index is -0.460. The second-order valence-corrected chi connectivity index (χ2v) is 5.34. The Balaban J connectivity index is 3.06. The summed E-state index contributed by atoms with van der Waals surface area (Å²) < 4.78 is 6.01. The van der Waals surface area contributed by atoms with E-state index in [1.54, 1.807) is 0 Å². The molecule has 1 atom stereocenters. The summed E-state index contributed by atoms with van der Waals surface area (Å²) in [4.78, 5) is 0. The molecule has 4 nitrogen and oxygen atoms in total. The maximum Gasteiger partial charge on any atom is 0.168 e. The van der Waals surface area contributed by atoms with Crippen molar-refractivity contribution in [2.75, 3.05) is 0 Å². The molecule has 0 N–H and O–H groups in total. The molecule has 0 saturated carbocycles. The highest BCUT2D eigenvalue weighted by molar-refractivity contribution is 5.41. The first-order chi connectivity index (χ1) is 9.66. The molecule has 4 heteroatoms. The van der Waals surface area contributed by atoms with E-state index >= 15 is 0 Å². The lowest BCUT2D eigenvalue weighted by molar-refractivity contribution is 0.0188. The highest BCUT2D eigenvalue weighted by Crippen LogP contribution is 2.44. The third-order valence-corrected chi connectivity index (χ3v) is 3.82. The van der Waals surface area contributed by atoms with Crippen LogP contribution in [0, 0.1) is 39.9 Å². The van der Waals surface area contributed by atoms with Gasteiger partial charge in [0.15, 0.2) is 5.57 Å². The zero-order valence-corrected chi connectivity index (χ0v) is 12.3. The molecule has 106 valence electrons. The highest BCUT2D eigenvalue weighted by atomic mass is 16.5. The standard InChI is InChI=1S/C16H21N3O/c1-3-5-7-16(8-6-4-2)9-13(10-17)15(20-16)14(11-18)12-19/h13H,3-9H2,1-2H3. The van der Waals surface area contributed by atoms with Crippen molar-refractivity contribution in [3.05, 3.63) is 11.3 Å². The van der Waals surface area contributed by atoms with E-state index in [1.165, 1.54) is 0 Å². The second-order valence-electron chi connectivity index (χ2n) is 5.34. The predicted molar refractivity (Wildman–Crippen MR) is 74.8 cm³/mol. The molecule has 1 heterocycles. The number of ether oxygens (including phenoxy) is 1. The van der Waals surface area contributed by atoms with E-state index in [-0.39, 0.29) is 11.2 Å². The lowest BCUT2D eigenvalue weighted by Crippen LogP contribution is -2.27. The maximum atomic E-state index is 9.28. The number of hydrogen-bond donors (Lipinski definition) is 0. The predicted octanol–water partition coefficient (Wildman–Crippen LogP) is 3.97. The molecule has 0 spiro atoms. The van der Waals surface area contributed by atoms with Gasteiger partial charge in [-0.05, 0) is 25.7 Å². The largest absolute Gasteiger partial charge is 0.488 e. The molecule has 1 fully saturated rings. The normalized spacial score (nSPS) is 19.6. The summed E-state index contributed by atoms with van der Waals surface area (Å²) in [5.41, 5.74) is -0.410. The molecule has 1 aliphatic rings. The molecule has 0 radical (unpaired) electrons. The lowest BCUT2D eigenvalue weighted by Gasteiger charge is -2.28. The van der Waals surface area contributed by atoms with Crippen molar-refractivity contribution in [2.45, 2.75) is 64.4 Å². The molecular weight excluding hydrogens is 250 g/mol. The maximum absolute atomic E-state index is 9.28. The van der Waals surface area contributed by atoms with Gasteiger partial charge in [0.1, 0.15) is 29.4 Å².